The maximum absolute atomic E-state index is 14.4. The number of allylic oxidation sites excluding steroid dienone is 1. The molecule has 34 heavy (non-hydrogen) atoms. The Labute approximate surface area is 201 Å². The van der Waals surface area contributed by atoms with Crippen molar-refractivity contribution in [2.75, 3.05) is 6.61 Å². The summed E-state index contributed by atoms with van der Waals surface area (Å²) in [5.41, 5.74) is 0.0344. The van der Waals surface area contributed by atoms with Crippen molar-refractivity contribution in [3.05, 3.63) is 106 Å². The Morgan fingerprint density at radius 2 is 2.09 bits per heavy atom. The number of rotatable bonds is 5. The van der Waals surface area contributed by atoms with E-state index in [0.29, 0.717) is 11.3 Å². The zero-order chi connectivity index (χ0) is 24.6. The number of non-ortho nitro benzene ring substituents is 1. The van der Waals surface area contributed by atoms with Gasteiger partial charge in [-0.15, -0.1) is 0 Å². The molecule has 0 saturated heterocycles. The molecule has 0 amide bonds. The molecule has 174 valence electrons. The number of benzene rings is 2. The molecule has 0 fully saturated rings. The van der Waals surface area contributed by atoms with Gasteiger partial charge in [0.05, 0.1) is 38.4 Å². The highest BCUT2D eigenvalue weighted by molar-refractivity contribution is 7.07. The number of nitrogens with zero attached hydrogens (tertiary/aromatic N) is 3. The van der Waals surface area contributed by atoms with Gasteiger partial charge >= 0.3 is 5.97 Å². The van der Waals surface area contributed by atoms with Gasteiger partial charge in [0, 0.05) is 17.7 Å². The van der Waals surface area contributed by atoms with Gasteiger partial charge in [-0.2, -0.15) is 0 Å². The van der Waals surface area contributed by atoms with Crippen molar-refractivity contribution >= 4 is 40.7 Å². The van der Waals surface area contributed by atoms with Gasteiger partial charge in [0.1, 0.15) is 5.82 Å². The van der Waals surface area contributed by atoms with Crippen molar-refractivity contribution < 1.29 is 18.8 Å². The van der Waals surface area contributed by atoms with E-state index in [2.05, 4.69) is 4.99 Å². The van der Waals surface area contributed by atoms with Crippen LogP contribution < -0.4 is 14.9 Å². The van der Waals surface area contributed by atoms with Crippen molar-refractivity contribution in [3.63, 3.8) is 0 Å². The standard InChI is InChI=1S/C23H17ClFN3O5S/c1-3-33-22(30)19-12(2)26-23-27(20(19)13-6-4-7-14(10-13)28(31)32)21(29)18(34-23)11-15-16(24)8-5-9-17(15)25/h4-11,20H,3H2,1-2H3/b18-11-/t20-/m1/s1. The first-order valence-electron chi connectivity index (χ1n) is 10.1. The van der Waals surface area contributed by atoms with E-state index < -0.39 is 28.3 Å². The molecule has 11 heteroatoms. The third-order valence-corrected chi connectivity index (χ3v) is 6.50. The summed E-state index contributed by atoms with van der Waals surface area (Å²) in [6, 6.07) is 8.83. The van der Waals surface area contributed by atoms with Crippen molar-refractivity contribution in [2.45, 2.75) is 19.9 Å². The van der Waals surface area contributed by atoms with E-state index in [0.717, 1.165) is 11.3 Å². The predicted molar refractivity (Wildman–Crippen MR) is 125 cm³/mol. The van der Waals surface area contributed by atoms with Gasteiger partial charge < -0.3 is 4.74 Å². The fourth-order valence-electron chi connectivity index (χ4n) is 3.70. The molecule has 0 N–H and O–H groups in total. The van der Waals surface area contributed by atoms with Crippen LogP contribution in [0.25, 0.3) is 6.08 Å². The summed E-state index contributed by atoms with van der Waals surface area (Å²) < 4.78 is 20.9. The Hall–Kier alpha value is -3.63. The highest BCUT2D eigenvalue weighted by atomic mass is 35.5. The minimum atomic E-state index is -1.02. The summed E-state index contributed by atoms with van der Waals surface area (Å²) in [6.07, 6.45) is 1.33. The van der Waals surface area contributed by atoms with E-state index in [-0.39, 0.29) is 37.8 Å². The molecule has 2 aromatic carbocycles. The molecule has 4 rings (SSSR count). The SMILES string of the molecule is CCOC(=O)C1=C(C)N=c2s/c(=C\c3c(F)cccc3Cl)c(=O)n2[C@@H]1c1cccc([N+](=O)[O-])c1. The van der Waals surface area contributed by atoms with Crippen LogP contribution in [-0.2, 0) is 9.53 Å². The highest BCUT2D eigenvalue weighted by Crippen LogP contribution is 2.32. The van der Waals surface area contributed by atoms with Gasteiger partial charge in [-0.05, 0) is 37.6 Å². The summed E-state index contributed by atoms with van der Waals surface area (Å²) in [5, 5.41) is 11.5. The van der Waals surface area contributed by atoms with Crippen LogP contribution in [0.4, 0.5) is 10.1 Å². The van der Waals surface area contributed by atoms with Crippen molar-refractivity contribution in [1.82, 2.24) is 4.57 Å². The van der Waals surface area contributed by atoms with Crippen LogP contribution in [0.2, 0.25) is 5.02 Å². The average molecular weight is 502 g/mol. The maximum atomic E-state index is 14.4. The van der Waals surface area contributed by atoms with Gasteiger partial charge in [-0.3, -0.25) is 19.5 Å². The first-order chi connectivity index (χ1) is 16.2. The number of aromatic nitrogens is 1. The lowest BCUT2D eigenvalue weighted by atomic mass is 9.95. The molecule has 0 saturated carbocycles. The van der Waals surface area contributed by atoms with Crippen LogP contribution in [0.3, 0.4) is 0 Å². The lowest BCUT2D eigenvalue weighted by Gasteiger charge is -2.24. The summed E-state index contributed by atoms with van der Waals surface area (Å²) in [4.78, 5) is 41.8. The fraction of sp³-hybridized carbons (Fsp3) is 0.174. The van der Waals surface area contributed by atoms with Crippen LogP contribution in [0.15, 0.2) is 63.5 Å². The van der Waals surface area contributed by atoms with Crippen molar-refractivity contribution in [2.24, 2.45) is 4.99 Å². The molecule has 0 aliphatic carbocycles. The van der Waals surface area contributed by atoms with E-state index in [1.807, 2.05) is 0 Å². The number of halogens is 2. The quantitative estimate of drug-likeness (QED) is 0.302. The number of ether oxygens (including phenoxy) is 1. The van der Waals surface area contributed by atoms with E-state index in [1.165, 1.54) is 47.0 Å². The molecular formula is C23H17ClFN3O5S. The number of nitro benzene ring substituents is 1. The molecule has 0 bridgehead atoms. The molecule has 3 aromatic rings. The largest absolute Gasteiger partial charge is 0.463 e. The maximum Gasteiger partial charge on any atom is 0.338 e. The molecule has 1 aromatic heterocycles. The van der Waals surface area contributed by atoms with E-state index in [9.17, 15) is 24.1 Å². The van der Waals surface area contributed by atoms with Gasteiger partial charge in [-0.25, -0.2) is 14.2 Å². The monoisotopic (exact) mass is 501 g/mol. The molecule has 8 nitrogen and oxygen atoms in total. The predicted octanol–water partition coefficient (Wildman–Crippen LogP) is 3.50. The minimum absolute atomic E-state index is 0.0441. The average Bonchev–Trinajstić information content (AvgIpc) is 3.10. The van der Waals surface area contributed by atoms with Crippen molar-refractivity contribution in [3.8, 4) is 0 Å². The topological polar surface area (TPSA) is 104 Å². The first kappa shape index (κ1) is 23.5. The van der Waals surface area contributed by atoms with Gasteiger partial charge in [0.15, 0.2) is 4.80 Å². The third kappa shape index (κ3) is 4.17. The van der Waals surface area contributed by atoms with Gasteiger partial charge in [0.25, 0.3) is 11.2 Å². The number of carbonyl (C=O) groups excluding carboxylic acids is 1. The van der Waals surface area contributed by atoms with Crippen LogP contribution in [0.5, 0.6) is 0 Å². The number of thiazole rings is 1. The second kappa shape index (κ2) is 9.32. The van der Waals surface area contributed by atoms with Crippen LogP contribution >= 0.6 is 22.9 Å². The minimum Gasteiger partial charge on any atom is -0.463 e. The summed E-state index contributed by atoms with van der Waals surface area (Å²) in [7, 11) is 0. The summed E-state index contributed by atoms with van der Waals surface area (Å²) in [5.74, 6) is -1.29. The Morgan fingerprint density at radius 3 is 2.76 bits per heavy atom. The number of hydrogen-bond donors (Lipinski definition) is 0. The molecule has 0 unspecified atom stereocenters. The molecular weight excluding hydrogens is 485 g/mol. The van der Waals surface area contributed by atoms with Crippen LogP contribution in [0, 0.1) is 15.9 Å². The van der Waals surface area contributed by atoms with E-state index >= 15 is 0 Å². The molecule has 1 atom stereocenters. The lowest BCUT2D eigenvalue weighted by Crippen LogP contribution is -2.40. The van der Waals surface area contributed by atoms with Crippen LogP contribution in [0.1, 0.15) is 31.0 Å². The third-order valence-electron chi connectivity index (χ3n) is 5.19. The molecule has 1 aliphatic rings. The smallest absolute Gasteiger partial charge is 0.338 e. The number of fused-ring (bicyclic) bond motifs is 1. The Bertz CT molecular complexity index is 1520. The second-order valence-electron chi connectivity index (χ2n) is 7.29. The lowest BCUT2D eigenvalue weighted by molar-refractivity contribution is -0.384. The van der Waals surface area contributed by atoms with E-state index in [1.54, 1.807) is 19.9 Å². The summed E-state index contributed by atoms with van der Waals surface area (Å²) in [6.45, 7) is 3.33. The highest BCUT2D eigenvalue weighted by Gasteiger charge is 2.34. The Morgan fingerprint density at radius 1 is 1.35 bits per heavy atom. The fourth-order valence-corrected chi connectivity index (χ4v) is 4.94. The number of carbonyl (C=O) groups is 1. The van der Waals surface area contributed by atoms with Gasteiger partial charge in [0.2, 0.25) is 0 Å². The summed E-state index contributed by atoms with van der Waals surface area (Å²) >= 11 is 7.12. The number of nitro groups is 1. The molecule has 0 spiro atoms. The second-order valence-corrected chi connectivity index (χ2v) is 8.71. The zero-order valence-corrected chi connectivity index (χ0v) is 19.5. The number of esters is 1. The van der Waals surface area contributed by atoms with Crippen LogP contribution in [-0.4, -0.2) is 22.1 Å². The Balaban J connectivity index is 2.01. The molecule has 0 radical (unpaired) electrons. The van der Waals surface area contributed by atoms with Gasteiger partial charge in [-0.1, -0.05) is 41.1 Å². The normalized spacial score (nSPS) is 15.6. The molecule has 1 aliphatic heterocycles. The molecule has 2 heterocycles. The van der Waals surface area contributed by atoms with Crippen molar-refractivity contribution in [1.29, 1.82) is 0 Å². The van der Waals surface area contributed by atoms with E-state index in [4.69, 9.17) is 16.3 Å². The zero-order valence-electron chi connectivity index (χ0n) is 18.0. The number of hydrogen-bond acceptors (Lipinski definition) is 7. The first-order valence-corrected chi connectivity index (χ1v) is 11.3. The Kier molecular flexibility index (Phi) is 6.45.